The van der Waals surface area contributed by atoms with E-state index in [0.29, 0.717) is 0 Å². The molecule has 1 heteroatoms. The first kappa shape index (κ1) is 27.2. The third-order valence-electron chi connectivity index (χ3n) is 9.39. The summed E-state index contributed by atoms with van der Waals surface area (Å²) < 4.78 is 2.38. The Balaban J connectivity index is 1.18. The third-order valence-corrected chi connectivity index (χ3v) is 9.39. The van der Waals surface area contributed by atoms with Crippen LogP contribution < -0.4 is 0 Å². The molecule has 0 spiro atoms. The van der Waals surface area contributed by atoms with Crippen molar-refractivity contribution in [2.75, 3.05) is 0 Å². The number of benzene rings is 8. The Morgan fingerprint density at radius 2 is 0.660 bits per heavy atom. The molecule has 0 atom stereocenters. The first-order chi connectivity index (χ1) is 23.3. The molecule has 0 unspecified atom stereocenters. The largest absolute Gasteiger partial charge is 0.309 e. The lowest BCUT2D eigenvalue weighted by Gasteiger charge is -2.18. The molecule has 1 aromatic heterocycles. The van der Waals surface area contributed by atoms with Gasteiger partial charge in [-0.2, -0.15) is 0 Å². The molecule has 0 amide bonds. The maximum absolute atomic E-state index is 2.38. The highest BCUT2D eigenvalue weighted by atomic mass is 15.0. The number of hydrogen-bond donors (Lipinski definition) is 0. The predicted molar refractivity (Wildman–Crippen MR) is 202 cm³/mol. The molecule has 0 bridgehead atoms. The number of fused-ring (bicyclic) bond motifs is 5. The summed E-state index contributed by atoms with van der Waals surface area (Å²) in [5, 5.41) is 7.61. The van der Waals surface area contributed by atoms with Gasteiger partial charge >= 0.3 is 0 Å². The van der Waals surface area contributed by atoms with Crippen LogP contribution in [0.1, 0.15) is 11.1 Å². The van der Waals surface area contributed by atoms with E-state index >= 15 is 0 Å². The summed E-state index contributed by atoms with van der Waals surface area (Å²) in [5.41, 5.74) is 11.0. The van der Waals surface area contributed by atoms with Gasteiger partial charge in [-0.1, -0.05) is 164 Å². The third kappa shape index (κ3) is 4.64. The van der Waals surface area contributed by atoms with Crippen molar-refractivity contribution in [2.24, 2.45) is 0 Å². The molecule has 0 aliphatic rings. The van der Waals surface area contributed by atoms with Crippen LogP contribution in [0.5, 0.6) is 0 Å². The SMILES string of the molecule is C(=Cc1ccc(-c2c3ccccc3c(-c3ccc(-n4c5ccccc5c5ccccc54)cc3)c3ccccc23)cc1)c1ccccc1. The van der Waals surface area contributed by atoms with Gasteiger partial charge in [0.05, 0.1) is 11.0 Å². The van der Waals surface area contributed by atoms with E-state index in [0.717, 1.165) is 5.69 Å². The van der Waals surface area contributed by atoms with Gasteiger partial charge in [0, 0.05) is 16.5 Å². The van der Waals surface area contributed by atoms with Crippen LogP contribution in [0.25, 0.3) is 83.4 Å². The summed E-state index contributed by atoms with van der Waals surface area (Å²) in [5.74, 6) is 0. The van der Waals surface area contributed by atoms with Crippen molar-refractivity contribution < 1.29 is 0 Å². The average Bonchev–Trinajstić information content (AvgIpc) is 3.48. The van der Waals surface area contributed by atoms with Crippen LogP contribution in [0.2, 0.25) is 0 Å². The second-order valence-electron chi connectivity index (χ2n) is 12.1. The van der Waals surface area contributed by atoms with Gasteiger partial charge in [-0.05, 0) is 79.2 Å². The standard InChI is InChI=1S/C46H31N/c1-2-12-32(13-3-1)22-23-33-24-26-34(27-25-33)45-39-16-4-6-18-41(39)46(42-19-7-5-17-40(42)45)35-28-30-36(31-29-35)47-43-20-10-8-14-37(43)38-15-9-11-21-44(38)47/h1-31H. The minimum absolute atomic E-state index is 1.16. The highest BCUT2D eigenvalue weighted by Crippen LogP contribution is 2.44. The van der Waals surface area contributed by atoms with E-state index in [9.17, 15) is 0 Å². The number of aromatic nitrogens is 1. The Morgan fingerprint density at radius 1 is 0.298 bits per heavy atom. The molecule has 8 aromatic carbocycles. The van der Waals surface area contributed by atoms with Gasteiger partial charge in [-0.15, -0.1) is 0 Å². The molecule has 0 N–H and O–H groups in total. The fourth-order valence-electron chi connectivity index (χ4n) is 7.25. The molecule has 0 radical (unpaired) electrons. The van der Waals surface area contributed by atoms with Gasteiger partial charge in [-0.25, -0.2) is 0 Å². The number of rotatable bonds is 5. The van der Waals surface area contributed by atoms with Crippen molar-refractivity contribution in [1.29, 1.82) is 0 Å². The Labute approximate surface area is 274 Å². The molecule has 0 aliphatic carbocycles. The average molecular weight is 598 g/mol. The quantitative estimate of drug-likeness (QED) is 0.137. The molecule has 0 saturated carbocycles. The monoisotopic (exact) mass is 597 g/mol. The van der Waals surface area contributed by atoms with Crippen LogP contribution in [0, 0.1) is 0 Å². The van der Waals surface area contributed by atoms with Gasteiger partial charge < -0.3 is 4.57 Å². The molecule has 0 saturated heterocycles. The molecular formula is C46H31N. The molecular weight excluding hydrogens is 567 g/mol. The Kier molecular flexibility index (Phi) is 6.54. The lowest BCUT2D eigenvalue weighted by molar-refractivity contribution is 1.18. The van der Waals surface area contributed by atoms with Crippen molar-refractivity contribution in [1.82, 2.24) is 4.57 Å². The van der Waals surface area contributed by atoms with E-state index < -0.39 is 0 Å². The Morgan fingerprint density at radius 3 is 1.13 bits per heavy atom. The highest BCUT2D eigenvalue weighted by Gasteiger charge is 2.17. The maximum atomic E-state index is 2.38. The summed E-state index contributed by atoms with van der Waals surface area (Å²) in [7, 11) is 0. The molecule has 0 fully saturated rings. The lowest BCUT2D eigenvalue weighted by Crippen LogP contribution is -1.94. The predicted octanol–water partition coefficient (Wildman–Crippen LogP) is 12.6. The second-order valence-corrected chi connectivity index (χ2v) is 12.1. The molecule has 47 heavy (non-hydrogen) atoms. The first-order valence-corrected chi connectivity index (χ1v) is 16.2. The normalized spacial score (nSPS) is 11.7. The number of para-hydroxylation sites is 2. The minimum Gasteiger partial charge on any atom is -0.309 e. The zero-order chi connectivity index (χ0) is 31.2. The van der Waals surface area contributed by atoms with Crippen molar-refractivity contribution in [3.8, 4) is 27.9 Å². The molecule has 0 aliphatic heterocycles. The van der Waals surface area contributed by atoms with E-state index in [1.54, 1.807) is 0 Å². The van der Waals surface area contributed by atoms with Gasteiger partial charge in [0.25, 0.3) is 0 Å². The molecule has 1 heterocycles. The van der Waals surface area contributed by atoms with E-state index in [1.165, 1.54) is 76.7 Å². The summed E-state index contributed by atoms with van der Waals surface area (Å²) in [4.78, 5) is 0. The second kappa shape index (κ2) is 11.3. The Hall–Kier alpha value is -6.18. The van der Waals surface area contributed by atoms with Gasteiger partial charge in [0.2, 0.25) is 0 Å². The summed E-state index contributed by atoms with van der Waals surface area (Å²) in [6.45, 7) is 0. The minimum atomic E-state index is 1.16. The van der Waals surface area contributed by atoms with E-state index in [4.69, 9.17) is 0 Å². The van der Waals surface area contributed by atoms with Crippen LogP contribution in [0.15, 0.2) is 176 Å². The van der Waals surface area contributed by atoms with Crippen molar-refractivity contribution in [3.63, 3.8) is 0 Å². The fourth-order valence-corrected chi connectivity index (χ4v) is 7.25. The lowest BCUT2D eigenvalue weighted by atomic mass is 9.86. The van der Waals surface area contributed by atoms with Gasteiger partial charge in [0.1, 0.15) is 0 Å². The summed E-state index contributed by atoms with van der Waals surface area (Å²) >= 11 is 0. The fraction of sp³-hybridized carbons (Fsp3) is 0. The van der Waals surface area contributed by atoms with Crippen molar-refractivity contribution in [3.05, 3.63) is 187 Å². The molecule has 1 nitrogen and oxygen atoms in total. The number of hydrogen-bond acceptors (Lipinski definition) is 0. The smallest absolute Gasteiger partial charge is 0.0541 e. The van der Waals surface area contributed by atoms with Crippen LogP contribution >= 0.6 is 0 Å². The van der Waals surface area contributed by atoms with Crippen LogP contribution in [-0.2, 0) is 0 Å². The zero-order valence-electron chi connectivity index (χ0n) is 25.8. The van der Waals surface area contributed by atoms with Crippen molar-refractivity contribution >= 4 is 55.5 Å². The number of nitrogens with zero attached hydrogens (tertiary/aromatic N) is 1. The van der Waals surface area contributed by atoms with E-state index in [1.807, 2.05) is 6.07 Å². The van der Waals surface area contributed by atoms with Crippen molar-refractivity contribution in [2.45, 2.75) is 0 Å². The van der Waals surface area contributed by atoms with Crippen LogP contribution in [0.3, 0.4) is 0 Å². The van der Waals surface area contributed by atoms with Crippen LogP contribution in [0.4, 0.5) is 0 Å². The molecule has 220 valence electrons. The molecule has 9 rings (SSSR count). The first-order valence-electron chi connectivity index (χ1n) is 16.2. The summed E-state index contributed by atoms with van der Waals surface area (Å²) in [6.07, 6.45) is 4.35. The highest BCUT2D eigenvalue weighted by molar-refractivity contribution is 6.21. The zero-order valence-corrected chi connectivity index (χ0v) is 25.8. The summed E-state index contributed by atoms with van der Waals surface area (Å²) in [6, 6.07) is 63.7. The van der Waals surface area contributed by atoms with Crippen LogP contribution in [-0.4, -0.2) is 4.57 Å². The van der Waals surface area contributed by atoms with E-state index in [-0.39, 0.29) is 0 Å². The Bertz CT molecular complexity index is 2480. The maximum Gasteiger partial charge on any atom is 0.0541 e. The van der Waals surface area contributed by atoms with Gasteiger partial charge in [-0.3, -0.25) is 0 Å². The van der Waals surface area contributed by atoms with Gasteiger partial charge in [0.15, 0.2) is 0 Å². The topological polar surface area (TPSA) is 4.93 Å². The molecule has 9 aromatic rings. The van der Waals surface area contributed by atoms with E-state index in [2.05, 4.69) is 187 Å².